The monoisotopic (exact) mass is 293 g/mol. The number of anilines is 2. The molecule has 2 heterocycles. The van der Waals surface area contributed by atoms with E-state index in [0.29, 0.717) is 16.9 Å². The largest absolute Gasteiger partial charge is 0.363 e. The van der Waals surface area contributed by atoms with Crippen LogP contribution in [-0.2, 0) is 0 Å². The highest BCUT2D eigenvalue weighted by Gasteiger charge is 2.16. The Morgan fingerprint density at radius 2 is 2.18 bits per heavy atom. The van der Waals surface area contributed by atoms with Gasteiger partial charge in [-0.15, -0.1) is 0 Å². The smallest absolute Gasteiger partial charge is 0.289 e. The Morgan fingerprint density at radius 1 is 1.41 bits per heavy atom. The summed E-state index contributed by atoms with van der Waals surface area (Å²) >= 11 is 0. The predicted octanol–water partition coefficient (Wildman–Crippen LogP) is 3.85. The van der Waals surface area contributed by atoms with Gasteiger partial charge in [0.2, 0.25) is 5.69 Å². The number of fused-ring (bicyclic) bond motifs is 1. The van der Waals surface area contributed by atoms with Crippen molar-refractivity contribution in [2.24, 2.45) is 0 Å². The zero-order chi connectivity index (χ0) is 15.7. The van der Waals surface area contributed by atoms with Gasteiger partial charge in [-0.05, 0) is 18.6 Å². The molecule has 0 aliphatic rings. The third-order valence-electron chi connectivity index (χ3n) is 3.34. The molecular weight excluding hydrogens is 282 g/mol. The third kappa shape index (κ3) is 2.23. The van der Waals surface area contributed by atoms with Crippen molar-refractivity contribution in [3.05, 3.63) is 69.8 Å². The molecule has 1 aromatic carbocycles. The van der Waals surface area contributed by atoms with Gasteiger partial charge in [0.25, 0.3) is 5.69 Å². The fourth-order valence-electron chi connectivity index (χ4n) is 2.19. The van der Waals surface area contributed by atoms with Crippen LogP contribution in [0.15, 0.2) is 42.7 Å². The molecular formula is C15H11N5O2. The molecule has 0 spiro atoms. The van der Waals surface area contributed by atoms with Crippen molar-refractivity contribution in [1.82, 2.24) is 9.61 Å². The van der Waals surface area contributed by atoms with Crippen LogP contribution in [-0.4, -0.2) is 14.5 Å². The van der Waals surface area contributed by atoms with Crippen LogP contribution in [0.3, 0.4) is 0 Å². The number of rotatable bonds is 3. The van der Waals surface area contributed by atoms with E-state index >= 15 is 0 Å². The number of para-hydroxylation sites is 1. The average molecular weight is 293 g/mol. The fraction of sp³-hybridized carbons (Fsp3) is 0.0667. The maximum atomic E-state index is 10.9. The molecule has 7 heteroatoms. The highest BCUT2D eigenvalue weighted by Crippen LogP contribution is 2.34. The first-order valence-corrected chi connectivity index (χ1v) is 6.46. The molecule has 3 rings (SSSR count). The summed E-state index contributed by atoms with van der Waals surface area (Å²) in [4.78, 5) is 13.9. The van der Waals surface area contributed by atoms with Crippen LogP contribution < -0.4 is 5.32 Å². The minimum Gasteiger partial charge on any atom is -0.363 e. The molecule has 0 saturated carbocycles. The molecule has 2 aromatic heterocycles. The molecule has 1 N–H and O–H groups in total. The number of nitrogens with zero attached hydrogens (tertiary/aromatic N) is 4. The third-order valence-corrected chi connectivity index (χ3v) is 3.34. The molecule has 0 radical (unpaired) electrons. The maximum absolute atomic E-state index is 10.9. The van der Waals surface area contributed by atoms with Gasteiger partial charge in [-0.3, -0.25) is 10.1 Å². The number of nitro groups is 1. The van der Waals surface area contributed by atoms with Crippen LogP contribution >= 0.6 is 0 Å². The summed E-state index contributed by atoms with van der Waals surface area (Å²) in [5, 5.41) is 18.2. The number of nitrogens with one attached hydrogen (secondary N) is 1. The van der Waals surface area contributed by atoms with Crippen molar-refractivity contribution in [3.8, 4) is 0 Å². The van der Waals surface area contributed by atoms with Gasteiger partial charge in [0, 0.05) is 11.8 Å². The van der Waals surface area contributed by atoms with E-state index in [-0.39, 0.29) is 5.69 Å². The maximum Gasteiger partial charge on any atom is 0.289 e. The Balaban J connectivity index is 2.20. The van der Waals surface area contributed by atoms with E-state index in [1.54, 1.807) is 0 Å². The van der Waals surface area contributed by atoms with Gasteiger partial charge in [0.15, 0.2) is 0 Å². The Hall–Kier alpha value is -3.40. The molecule has 3 aromatic rings. The number of aromatic nitrogens is 2. The second-order valence-corrected chi connectivity index (χ2v) is 4.74. The molecule has 0 saturated heterocycles. The van der Waals surface area contributed by atoms with E-state index < -0.39 is 4.92 Å². The van der Waals surface area contributed by atoms with E-state index in [1.807, 2.05) is 31.2 Å². The minimum absolute atomic E-state index is 0.0672. The number of hydrogen-bond donors (Lipinski definition) is 1. The first-order valence-electron chi connectivity index (χ1n) is 6.46. The molecule has 0 aliphatic heterocycles. The van der Waals surface area contributed by atoms with Gasteiger partial charge in [-0.1, -0.05) is 18.2 Å². The summed E-state index contributed by atoms with van der Waals surface area (Å²) in [5.41, 5.74) is 3.08. The molecule has 7 nitrogen and oxygen atoms in total. The number of hydrogen-bond acceptors (Lipinski definition) is 4. The van der Waals surface area contributed by atoms with Crippen LogP contribution in [0.2, 0.25) is 0 Å². The van der Waals surface area contributed by atoms with E-state index in [1.165, 1.54) is 23.0 Å². The summed E-state index contributed by atoms with van der Waals surface area (Å²) in [5.74, 6) is 0. The number of aryl methyl sites for hydroxylation is 1. The molecule has 0 aliphatic carbocycles. The highest BCUT2D eigenvalue weighted by molar-refractivity contribution is 5.89. The predicted molar refractivity (Wildman–Crippen MR) is 82.6 cm³/mol. The summed E-state index contributed by atoms with van der Waals surface area (Å²) < 4.78 is 1.40. The van der Waals surface area contributed by atoms with Crippen molar-refractivity contribution in [2.45, 2.75) is 6.92 Å². The zero-order valence-corrected chi connectivity index (χ0v) is 11.6. The lowest BCUT2D eigenvalue weighted by molar-refractivity contribution is -0.384. The summed E-state index contributed by atoms with van der Waals surface area (Å²) in [6, 6.07) is 9.03. The van der Waals surface area contributed by atoms with Crippen LogP contribution in [0.5, 0.6) is 0 Å². The van der Waals surface area contributed by atoms with Crippen molar-refractivity contribution >= 4 is 28.3 Å². The first kappa shape index (κ1) is 13.6. The minimum atomic E-state index is -0.482. The summed E-state index contributed by atoms with van der Waals surface area (Å²) in [7, 11) is 0. The Labute approximate surface area is 125 Å². The standard InChI is InChI=1S/C15H11N5O2/c1-10-5-3-4-6-12(10)18-15-13(16-2)8-17-19-9-11(20(21)22)7-14(15)19/h3-9,18H,1H3. The summed E-state index contributed by atoms with van der Waals surface area (Å²) in [6.07, 6.45) is 2.72. The van der Waals surface area contributed by atoms with Gasteiger partial charge >= 0.3 is 0 Å². The average Bonchev–Trinajstić information content (AvgIpc) is 2.94. The normalized spacial score (nSPS) is 10.4. The molecule has 0 bridgehead atoms. The second-order valence-electron chi connectivity index (χ2n) is 4.74. The zero-order valence-electron chi connectivity index (χ0n) is 11.6. The fourth-order valence-corrected chi connectivity index (χ4v) is 2.19. The van der Waals surface area contributed by atoms with E-state index in [2.05, 4.69) is 15.3 Å². The van der Waals surface area contributed by atoms with E-state index in [4.69, 9.17) is 6.57 Å². The van der Waals surface area contributed by atoms with Crippen LogP contribution in [0, 0.1) is 23.6 Å². The van der Waals surface area contributed by atoms with Crippen molar-refractivity contribution < 1.29 is 4.92 Å². The quantitative estimate of drug-likeness (QED) is 0.452. The number of benzene rings is 1. The lowest BCUT2D eigenvalue weighted by atomic mass is 10.2. The van der Waals surface area contributed by atoms with Gasteiger partial charge < -0.3 is 5.32 Å². The first-order chi connectivity index (χ1) is 10.6. The van der Waals surface area contributed by atoms with Crippen LogP contribution in [0.25, 0.3) is 10.4 Å². The molecule has 108 valence electrons. The lowest BCUT2D eigenvalue weighted by Gasteiger charge is -2.12. The van der Waals surface area contributed by atoms with Crippen LogP contribution in [0.4, 0.5) is 22.7 Å². The van der Waals surface area contributed by atoms with Gasteiger partial charge in [-0.2, -0.15) is 5.10 Å². The van der Waals surface area contributed by atoms with Crippen molar-refractivity contribution in [2.75, 3.05) is 5.32 Å². The Bertz CT molecular complexity index is 923. The molecule has 0 unspecified atom stereocenters. The second kappa shape index (κ2) is 5.18. The Morgan fingerprint density at radius 3 is 2.86 bits per heavy atom. The van der Waals surface area contributed by atoms with Gasteiger partial charge in [0.05, 0.1) is 28.9 Å². The molecule has 0 atom stereocenters. The highest BCUT2D eigenvalue weighted by atomic mass is 16.6. The van der Waals surface area contributed by atoms with Gasteiger partial charge in [0.1, 0.15) is 6.20 Å². The summed E-state index contributed by atoms with van der Waals surface area (Å²) in [6.45, 7) is 9.22. The molecule has 0 amide bonds. The molecule has 22 heavy (non-hydrogen) atoms. The van der Waals surface area contributed by atoms with Crippen LogP contribution in [0.1, 0.15) is 5.56 Å². The van der Waals surface area contributed by atoms with E-state index in [0.717, 1.165) is 11.3 Å². The Kier molecular flexibility index (Phi) is 3.20. The van der Waals surface area contributed by atoms with E-state index in [9.17, 15) is 10.1 Å². The van der Waals surface area contributed by atoms with Gasteiger partial charge in [-0.25, -0.2) is 9.36 Å². The van der Waals surface area contributed by atoms with Crippen molar-refractivity contribution in [3.63, 3.8) is 0 Å². The SMILES string of the molecule is [C-]#[N+]c1cnn2cc([N+](=O)[O-])cc2c1Nc1ccccc1C. The topological polar surface area (TPSA) is 76.8 Å². The molecule has 0 fully saturated rings. The van der Waals surface area contributed by atoms with Crippen molar-refractivity contribution in [1.29, 1.82) is 0 Å². The lowest BCUT2D eigenvalue weighted by Crippen LogP contribution is -1.98.